The topological polar surface area (TPSA) is 37.3 Å². The third-order valence-electron chi connectivity index (χ3n) is 3.37. The summed E-state index contributed by atoms with van der Waals surface area (Å²) >= 11 is 3.38. The van der Waals surface area contributed by atoms with Gasteiger partial charge >= 0.3 is 5.97 Å². The van der Waals surface area contributed by atoms with Gasteiger partial charge in [0.1, 0.15) is 5.41 Å². The van der Waals surface area contributed by atoms with E-state index >= 15 is 0 Å². The molecule has 2 aromatic carbocycles. The summed E-state index contributed by atoms with van der Waals surface area (Å²) in [6.45, 7) is 0. The van der Waals surface area contributed by atoms with Crippen LogP contribution in [0.15, 0.2) is 60.7 Å². The molecule has 0 spiro atoms. The molecular formula is C16H15BrO2. The molecule has 0 radical (unpaired) electrons. The maximum Gasteiger partial charge on any atom is 0.318 e. The number of rotatable bonds is 5. The van der Waals surface area contributed by atoms with Crippen LogP contribution in [-0.2, 0) is 10.2 Å². The van der Waals surface area contributed by atoms with E-state index in [1.807, 2.05) is 60.7 Å². The first-order chi connectivity index (χ1) is 9.21. The number of alkyl halides is 1. The van der Waals surface area contributed by atoms with Crippen molar-refractivity contribution >= 4 is 21.9 Å². The number of carboxylic acid groups (broad SMARTS) is 1. The average Bonchev–Trinajstić information content (AvgIpc) is 2.46. The monoisotopic (exact) mass is 318 g/mol. The zero-order valence-corrected chi connectivity index (χ0v) is 12.0. The van der Waals surface area contributed by atoms with Crippen molar-refractivity contribution in [3.63, 3.8) is 0 Å². The summed E-state index contributed by atoms with van der Waals surface area (Å²) in [6, 6.07) is 18.8. The van der Waals surface area contributed by atoms with Gasteiger partial charge in [-0.25, -0.2) is 0 Å². The van der Waals surface area contributed by atoms with Crippen LogP contribution in [0.25, 0.3) is 0 Å². The van der Waals surface area contributed by atoms with Gasteiger partial charge in [-0.2, -0.15) is 0 Å². The summed E-state index contributed by atoms with van der Waals surface area (Å²) in [6.07, 6.45) is 0.510. The predicted octanol–water partition coefficient (Wildman–Crippen LogP) is 3.84. The Balaban J connectivity index is 2.65. The molecule has 98 valence electrons. The van der Waals surface area contributed by atoms with E-state index in [9.17, 15) is 9.90 Å². The third-order valence-corrected chi connectivity index (χ3v) is 3.76. The number of benzene rings is 2. The summed E-state index contributed by atoms with van der Waals surface area (Å²) in [7, 11) is 0. The van der Waals surface area contributed by atoms with E-state index < -0.39 is 11.4 Å². The van der Waals surface area contributed by atoms with E-state index in [0.717, 1.165) is 11.1 Å². The lowest BCUT2D eigenvalue weighted by atomic mass is 9.72. The second-order valence-corrected chi connectivity index (χ2v) is 5.17. The summed E-state index contributed by atoms with van der Waals surface area (Å²) < 4.78 is 0. The molecule has 3 heteroatoms. The Morgan fingerprint density at radius 3 is 1.68 bits per heavy atom. The van der Waals surface area contributed by atoms with E-state index in [1.165, 1.54) is 0 Å². The summed E-state index contributed by atoms with van der Waals surface area (Å²) in [5.74, 6) is -0.815. The highest BCUT2D eigenvalue weighted by Gasteiger charge is 2.41. The number of halogens is 1. The molecule has 2 nitrogen and oxygen atoms in total. The zero-order valence-electron chi connectivity index (χ0n) is 10.4. The van der Waals surface area contributed by atoms with Crippen LogP contribution in [0.5, 0.6) is 0 Å². The van der Waals surface area contributed by atoms with E-state index in [4.69, 9.17) is 0 Å². The number of carbonyl (C=O) groups is 1. The molecule has 19 heavy (non-hydrogen) atoms. The SMILES string of the molecule is O=C(O)C(CCBr)(c1ccccc1)c1ccccc1. The van der Waals surface area contributed by atoms with E-state index in [-0.39, 0.29) is 0 Å². The van der Waals surface area contributed by atoms with Crippen molar-refractivity contribution in [3.8, 4) is 0 Å². The van der Waals surface area contributed by atoms with Gasteiger partial charge in [-0.15, -0.1) is 0 Å². The van der Waals surface area contributed by atoms with Crippen molar-refractivity contribution in [1.82, 2.24) is 0 Å². The first kappa shape index (κ1) is 13.8. The molecule has 0 aromatic heterocycles. The lowest BCUT2D eigenvalue weighted by Gasteiger charge is -2.30. The molecule has 1 N–H and O–H groups in total. The van der Waals surface area contributed by atoms with Crippen LogP contribution in [0.3, 0.4) is 0 Å². The van der Waals surface area contributed by atoms with E-state index in [1.54, 1.807) is 0 Å². The number of carboxylic acids is 1. The second kappa shape index (κ2) is 6.02. The lowest BCUT2D eigenvalue weighted by Crippen LogP contribution is -2.37. The van der Waals surface area contributed by atoms with Crippen molar-refractivity contribution in [2.75, 3.05) is 5.33 Å². The Hall–Kier alpha value is -1.61. The van der Waals surface area contributed by atoms with Gasteiger partial charge in [-0.05, 0) is 17.5 Å². The maximum atomic E-state index is 12.0. The Morgan fingerprint density at radius 1 is 0.947 bits per heavy atom. The fourth-order valence-corrected chi connectivity index (χ4v) is 2.99. The largest absolute Gasteiger partial charge is 0.480 e. The Bertz CT molecular complexity index is 498. The van der Waals surface area contributed by atoms with Crippen LogP contribution < -0.4 is 0 Å². The molecule has 0 aliphatic heterocycles. The standard InChI is InChI=1S/C16H15BrO2/c17-12-11-16(15(18)19,13-7-3-1-4-8-13)14-9-5-2-6-10-14/h1-10H,11-12H2,(H,18,19). The molecule has 0 saturated carbocycles. The van der Waals surface area contributed by atoms with Crippen LogP contribution >= 0.6 is 15.9 Å². The summed E-state index contributed by atoms with van der Waals surface area (Å²) in [5, 5.41) is 10.5. The van der Waals surface area contributed by atoms with Crippen LogP contribution in [-0.4, -0.2) is 16.4 Å². The predicted molar refractivity (Wildman–Crippen MR) is 79.7 cm³/mol. The fraction of sp³-hybridized carbons (Fsp3) is 0.188. The van der Waals surface area contributed by atoms with Gasteiger partial charge < -0.3 is 5.11 Å². The van der Waals surface area contributed by atoms with Crippen molar-refractivity contribution in [2.24, 2.45) is 0 Å². The normalized spacial score (nSPS) is 11.2. The minimum absolute atomic E-state index is 0.510. The third kappa shape index (κ3) is 2.56. The molecule has 0 bridgehead atoms. The Kier molecular flexibility index (Phi) is 4.38. The average molecular weight is 319 g/mol. The van der Waals surface area contributed by atoms with Crippen molar-refractivity contribution in [1.29, 1.82) is 0 Å². The minimum atomic E-state index is -0.994. The maximum absolute atomic E-state index is 12.0. The summed E-state index contributed by atoms with van der Waals surface area (Å²) in [4.78, 5) is 12.0. The van der Waals surface area contributed by atoms with Gasteiger partial charge in [0.05, 0.1) is 0 Å². The van der Waals surface area contributed by atoms with Gasteiger partial charge in [-0.1, -0.05) is 76.6 Å². The molecule has 0 amide bonds. The first-order valence-corrected chi connectivity index (χ1v) is 7.24. The number of hydrogen-bond acceptors (Lipinski definition) is 1. The van der Waals surface area contributed by atoms with Crippen molar-refractivity contribution < 1.29 is 9.90 Å². The number of hydrogen-bond donors (Lipinski definition) is 1. The number of aliphatic carboxylic acids is 1. The first-order valence-electron chi connectivity index (χ1n) is 6.12. The highest BCUT2D eigenvalue weighted by atomic mass is 79.9. The summed E-state index contributed by atoms with van der Waals surface area (Å²) in [5.41, 5.74) is 0.632. The van der Waals surface area contributed by atoms with Crippen LogP contribution in [0.2, 0.25) is 0 Å². The molecule has 0 unspecified atom stereocenters. The molecule has 2 aromatic rings. The van der Waals surface area contributed by atoms with E-state index in [0.29, 0.717) is 11.8 Å². The smallest absolute Gasteiger partial charge is 0.318 e. The Morgan fingerprint density at radius 2 is 1.37 bits per heavy atom. The molecule has 0 aliphatic rings. The molecule has 0 atom stereocenters. The van der Waals surface area contributed by atoms with Crippen LogP contribution in [0.4, 0.5) is 0 Å². The van der Waals surface area contributed by atoms with Crippen molar-refractivity contribution in [2.45, 2.75) is 11.8 Å². The minimum Gasteiger partial charge on any atom is -0.480 e. The van der Waals surface area contributed by atoms with Gasteiger partial charge in [0.15, 0.2) is 0 Å². The zero-order chi connectivity index (χ0) is 13.7. The van der Waals surface area contributed by atoms with Gasteiger partial charge in [0.2, 0.25) is 0 Å². The molecular weight excluding hydrogens is 304 g/mol. The second-order valence-electron chi connectivity index (χ2n) is 4.38. The fourth-order valence-electron chi connectivity index (χ4n) is 2.40. The molecule has 0 heterocycles. The van der Waals surface area contributed by atoms with Crippen LogP contribution in [0.1, 0.15) is 17.5 Å². The van der Waals surface area contributed by atoms with E-state index in [2.05, 4.69) is 15.9 Å². The molecule has 2 rings (SSSR count). The van der Waals surface area contributed by atoms with Gasteiger partial charge in [0.25, 0.3) is 0 Å². The highest BCUT2D eigenvalue weighted by molar-refractivity contribution is 9.09. The highest BCUT2D eigenvalue weighted by Crippen LogP contribution is 2.36. The van der Waals surface area contributed by atoms with Gasteiger partial charge in [-0.3, -0.25) is 4.79 Å². The quantitative estimate of drug-likeness (QED) is 0.850. The molecule has 0 aliphatic carbocycles. The molecule has 0 saturated heterocycles. The van der Waals surface area contributed by atoms with Crippen LogP contribution in [0, 0.1) is 0 Å². The lowest BCUT2D eigenvalue weighted by molar-refractivity contribution is -0.142. The Labute approximate surface area is 121 Å². The molecule has 0 fully saturated rings. The van der Waals surface area contributed by atoms with Gasteiger partial charge in [0, 0.05) is 5.33 Å². The van der Waals surface area contributed by atoms with Crippen molar-refractivity contribution in [3.05, 3.63) is 71.8 Å².